The van der Waals surface area contributed by atoms with E-state index in [4.69, 9.17) is 23.2 Å². The van der Waals surface area contributed by atoms with Gasteiger partial charge < -0.3 is 5.32 Å². The third-order valence-electron chi connectivity index (χ3n) is 2.64. The Morgan fingerprint density at radius 3 is 2.36 bits per heavy atom. The summed E-state index contributed by atoms with van der Waals surface area (Å²) in [6.07, 6.45) is 1.01. The molecule has 0 aliphatic rings. The minimum absolute atomic E-state index is 0.194. The monoisotopic (exact) mass is 358 g/mol. The maximum atomic E-state index is 12.3. The highest BCUT2D eigenvalue weighted by Crippen LogP contribution is 2.26. The molecule has 5 nitrogen and oxygen atoms in total. The number of sulfonamides is 1. The van der Waals surface area contributed by atoms with Crippen molar-refractivity contribution in [3.05, 3.63) is 58.1 Å². The van der Waals surface area contributed by atoms with Crippen LogP contribution < -0.4 is 10.0 Å². The van der Waals surface area contributed by atoms with E-state index in [-0.39, 0.29) is 11.3 Å². The number of halogens is 2. The third-order valence-corrected chi connectivity index (χ3v) is 3.97. The van der Waals surface area contributed by atoms with Gasteiger partial charge in [0.2, 0.25) is 10.0 Å². The van der Waals surface area contributed by atoms with Crippen LogP contribution in [0.15, 0.2) is 42.5 Å². The molecule has 0 saturated heterocycles. The molecule has 22 heavy (non-hydrogen) atoms. The normalized spacial score (nSPS) is 11.0. The number of hydrogen-bond donors (Lipinski definition) is 2. The van der Waals surface area contributed by atoms with Crippen molar-refractivity contribution in [1.82, 2.24) is 0 Å². The fraction of sp³-hybridized carbons (Fsp3) is 0.0714. The third kappa shape index (κ3) is 4.37. The molecule has 0 spiro atoms. The first-order valence-electron chi connectivity index (χ1n) is 6.09. The summed E-state index contributed by atoms with van der Waals surface area (Å²) in [5.41, 5.74) is 0.843. The van der Waals surface area contributed by atoms with E-state index < -0.39 is 15.9 Å². The van der Waals surface area contributed by atoms with E-state index in [9.17, 15) is 13.2 Å². The number of para-hydroxylation sites is 1. The number of rotatable bonds is 4. The summed E-state index contributed by atoms with van der Waals surface area (Å²) in [6, 6.07) is 10.9. The van der Waals surface area contributed by atoms with Crippen molar-refractivity contribution in [2.75, 3.05) is 16.3 Å². The van der Waals surface area contributed by atoms with Crippen LogP contribution in [-0.2, 0) is 10.0 Å². The first kappa shape index (κ1) is 16.6. The van der Waals surface area contributed by atoms with Gasteiger partial charge in [-0.3, -0.25) is 9.52 Å². The fourth-order valence-corrected chi connectivity index (χ4v) is 2.62. The molecule has 0 unspecified atom stereocenters. The van der Waals surface area contributed by atoms with E-state index in [0.717, 1.165) is 6.26 Å². The van der Waals surface area contributed by atoms with Crippen molar-refractivity contribution in [3.63, 3.8) is 0 Å². The molecule has 0 saturated carbocycles. The summed E-state index contributed by atoms with van der Waals surface area (Å²) in [5.74, 6) is -0.467. The quantitative estimate of drug-likeness (QED) is 0.876. The van der Waals surface area contributed by atoms with E-state index in [1.54, 1.807) is 24.3 Å². The highest BCUT2D eigenvalue weighted by atomic mass is 35.5. The Labute approximate surface area is 138 Å². The lowest BCUT2D eigenvalue weighted by Gasteiger charge is -2.11. The van der Waals surface area contributed by atoms with Gasteiger partial charge in [0.15, 0.2) is 0 Å². The van der Waals surface area contributed by atoms with Crippen LogP contribution in [0.5, 0.6) is 0 Å². The average Bonchev–Trinajstić information content (AvgIpc) is 2.41. The van der Waals surface area contributed by atoms with Crippen LogP contribution in [0.1, 0.15) is 10.4 Å². The molecule has 0 bridgehead atoms. The zero-order chi connectivity index (χ0) is 16.3. The summed E-state index contributed by atoms with van der Waals surface area (Å²) < 4.78 is 25.0. The Balaban J connectivity index is 2.28. The van der Waals surface area contributed by atoms with Gasteiger partial charge in [-0.25, -0.2) is 8.42 Å². The van der Waals surface area contributed by atoms with Crippen molar-refractivity contribution < 1.29 is 13.2 Å². The standard InChI is InChI=1S/C14H12Cl2N2O3S/c1-22(20,21)18-13-5-3-2-4-10(13)14(19)17-9-6-7-11(15)12(16)8-9/h2-8,18H,1H3,(H,17,19). The molecule has 0 aliphatic carbocycles. The molecule has 8 heteroatoms. The number of anilines is 2. The van der Waals surface area contributed by atoms with Crippen LogP contribution in [0, 0.1) is 0 Å². The zero-order valence-electron chi connectivity index (χ0n) is 11.4. The van der Waals surface area contributed by atoms with Crippen LogP contribution >= 0.6 is 23.2 Å². The summed E-state index contributed by atoms with van der Waals surface area (Å²) in [5, 5.41) is 3.32. The number of carbonyl (C=O) groups excluding carboxylic acids is 1. The Hall–Kier alpha value is -1.76. The van der Waals surface area contributed by atoms with E-state index in [2.05, 4.69) is 10.0 Å². The molecule has 1 amide bonds. The number of amides is 1. The second kappa shape index (κ2) is 6.56. The predicted octanol–water partition coefficient (Wildman–Crippen LogP) is 3.62. The highest BCUT2D eigenvalue weighted by molar-refractivity contribution is 7.92. The second-order valence-electron chi connectivity index (χ2n) is 4.50. The summed E-state index contributed by atoms with van der Waals surface area (Å²) in [7, 11) is -3.49. The van der Waals surface area contributed by atoms with Crippen molar-refractivity contribution in [2.24, 2.45) is 0 Å². The van der Waals surface area contributed by atoms with Crippen LogP contribution in [0.4, 0.5) is 11.4 Å². The molecule has 2 rings (SSSR count). The molecule has 2 aromatic rings. The van der Waals surface area contributed by atoms with Gasteiger partial charge in [-0.2, -0.15) is 0 Å². The van der Waals surface area contributed by atoms with Gasteiger partial charge >= 0.3 is 0 Å². The van der Waals surface area contributed by atoms with E-state index in [1.165, 1.54) is 18.2 Å². The lowest BCUT2D eigenvalue weighted by molar-refractivity contribution is 0.102. The van der Waals surface area contributed by atoms with Gasteiger partial charge in [-0.15, -0.1) is 0 Å². The van der Waals surface area contributed by atoms with Crippen molar-refractivity contribution in [1.29, 1.82) is 0 Å². The second-order valence-corrected chi connectivity index (χ2v) is 7.07. The van der Waals surface area contributed by atoms with Gasteiger partial charge in [0.1, 0.15) is 0 Å². The van der Waals surface area contributed by atoms with Crippen molar-refractivity contribution >= 4 is 50.5 Å². The van der Waals surface area contributed by atoms with E-state index in [0.29, 0.717) is 15.7 Å². The smallest absolute Gasteiger partial charge is 0.257 e. The molecular formula is C14H12Cl2N2O3S. The van der Waals surface area contributed by atoms with Gasteiger partial charge in [-0.1, -0.05) is 35.3 Å². The summed E-state index contributed by atoms with van der Waals surface area (Å²) >= 11 is 11.7. The molecule has 2 N–H and O–H groups in total. The number of carbonyl (C=O) groups is 1. The number of benzene rings is 2. The molecule has 0 fully saturated rings. The fourth-order valence-electron chi connectivity index (χ4n) is 1.74. The number of hydrogen-bond acceptors (Lipinski definition) is 3. The Morgan fingerprint density at radius 2 is 1.73 bits per heavy atom. The van der Waals surface area contributed by atoms with Crippen molar-refractivity contribution in [2.45, 2.75) is 0 Å². The Bertz CT molecular complexity index is 823. The SMILES string of the molecule is CS(=O)(=O)Nc1ccccc1C(=O)Nc1ccc(Cl)c(Cl)c1. The highest BCUT2D eigenvalue weighted by Gasteiger charge is 2.14. The molecule has 0 aliphatic heterocycles. The molecule has 0 radical (unpaired) electrons. The molecule has 0 aromatic heterocycles. The van der Waals surface area contributed by atoms with Crippen LogP contribution in [0.2, 0.25) is 10.0 Å². The largest absolute Gasteiger partial charge is 0.322 e. The Morgan fingerprint density at radius 1 is 1.05 bits per heavy atom. The molecule has 116 valence electrons. The van der Waals surface area contributed by atoms with Gasteiger partial charge in [0.25, 0.3) is 5.91 Å². The predicted molar refractivity (Wildman–Crippen MR) is 89.3 cm³/mol. The van der Waals surface area contributed by atoms with Gasteiger partial charge in [0.05, 0.1) is 27.6 Å². The van der Waals surface area contributed by atoms with E-state index in [1.807, 2.05) is 0 Å². The minimum Gasteiger partial charge on any atom is -0.322 e. The number of nitrogens with one attached hydrogen (secondary N) is 2. The lowest BCUT2D eigenvalue weighted by Crippen LogP contribution is -2.17. The zero-order valence-corrected chi connectivity index (χ0v) is 13.8. The van der Waals surface area contributed by atoms with Crippen LogP contribution in [0.3, 0.4) is 0 Å². The Kier molecular flexibility index (Phi) is 4.95. The maximum Gasteiger partial charge on any atom is 0.257 e. The van der Waals surface area contributed by atoms with Gasteiger partial charge in [-0.05, 0) is 30.3 Å². The summed E-state index contributed by atoms with van der Waals surface area (Å²) in [4.78, 5) is 12.3. The van der Waals surface area contributed by atoms with Crippen molar-refractivity contribution in [3.8, 4) is 0 Å². The molecule has 0 heterocycles. The molecular weight excluding hydrogens is 347 g/mol. The summed E-state index contributed by atoms with van der Waals surface area (Å²) in [6.45, 7) is 0. The minimum atomic E-state index is -3.49. The topological polar surface area (TPSA) is 75.3 Å². The maximum absolute atomic E-state index is 12.3. The first-order chi connectivity index (χ1) is 10.3. The van der Waals surface area contributed by atoms with Crippen LogP contribution in [0.25, 0.3) is 0 Å². The van der Waals surface area contributed by atoms with Crippen LogP contribution in [-0.4, -0.2) is 20.6 Å². The van der Waals surface area contributed by atoms with Gasteiger partial charge in [0, 0.05) is 5.69 Å². The average molecular weight is 359 g/mol. The van der Waals surface area contributed by atoms with E-state index >= 15 is 0 Å². The molecule has 2 aromatic carbocycles. The first-order valence-corrected chi connectivity index (χ1v) is 8.74. The molecule has 0 atom stereocenters. The lowest BCUT2D eigenvalue weighted by atomic mass is 10.1.